The van der Waals surface area contributed by atoms with E-state index in [2.05, 4.69) is 15.2 Å². The summed E-state index contributed by atoms with van der Waals surface area (Å²) in [6.45, 7) is 0. The molecule has 2 aromatic rings. The largest absolute Gasteiger partial charge is 0.273 e. The summed E-state index contributed by atoms with van der Waals surface area (Å²) < 4.78 is 1.64. The van der Waals surface area contributed by atoms with Gasteiger partial charge in [0.2, 0.25) is 0 Å². The number of nitriles is 1. The predicted octanol–water partition coefficient (Wildman–Crippen LogP) is -0.00402. The SMILES string of the molecule is N#Cc1ccn2cnnc2n1. The topological polar surface area (TPSA) is 66.9 Å². The van der Waals surface area contributed by atoms with Crippen molar-refractivity contribution in [3.8, 4) is 6.07 Å². The van der Waals surface area contributed by atoms with E-state index < -0.39 is 0 Å². The molecular weight excluding hydrogens is 142 g/mol. The molecule has 0 bridgehead atoms. The van der Waals surface area contributed by atoms with E-state index in [1.165, 1.54) is 6.33 Å². The Labute approximate surface area is 61.9 Å². The van der Waals surface area contributed by atoms with Crippen LogP contribution in [0.25, 0.3) is 5.78 Å². The first-order valence-electron chi connectivity index (χ1n) is 2.96. The average molecular weight is 145 g/mol. The van der Waals surface area contributed by atoms with Crippen LogP contribution in [0.1, 0.15) is 5.69 Å². The molecule has 0 aromatic carbocycles. The van der Waals surface area contributed by atoms with Gasteiger partial charge in [-0.05, 0) is 6.07 Å². The van der Waals surface area contributed by atoms with Gasteiger partial charge in [0.1, 0.15) is 18.1 Å². The van der Waals surface area contributed by atoms with Crippen LogP contribution in [-0.2, 0) is 0 Å². The molecule has 11 heavy (non-hydrogen) atoms. The van der Waals surface area contributed by atoms with Gasteiger partial charge in [0.15, 0.2) is 0 Å². The van der Waals surface area contributed by atoms with E-state index in [9.17, 15) is 0 Å². The summed E-state index contributed by atoms with van der Waals surface area (Å²) in [5, 5.41) is 15.8. The maximum absolute atomic E-state index is 8.46. The highest BCUT2D eigenvalue weighted by Gasteiger charge is 1.96. The molecule has 2 rings (SSSR count). The Balaban J connectivity index is 2.79. The molecule has 2 heterocycles. The van der Waals surface area contributed by atoms with Crippen molar-refractivity contribution in [1.29, 1.82) is 5.26 Å². The Bertz CT molecular complexity index is 424. The monoisotopic (exact) mass is 145 g/mol. The summed E-state index contributed by atoms with van der Waals surface area (Å²) in [7, 11) is 0. The first-order chi connectivity index (χ1) is 5.40. The van der Waals surface area contributed by atoms with Crippen LogP contribution >= 0.6 is 0 Å². The highest BCUT2D eigenvalue weighted by atomic mass is 15.3. The van der Waals surface area contributed by atoms with Gasteiger partial charge in [-0.1, -0.05) is 0 Å². The van der Waals surface area contributed by atoms with E-state index in [1.807, 2.05) is 6.07 Å². The Morgan fingerprint density at radius 1 is 1.55 bits per heavy atom. The lowest BCUT2D eigenvalue weighted by Crippen LogP contribution is -1.89. The molecule has 2 aromatic heterocycles. The number of aromatic nitrogens is 4. The number of rotatable bonds is 0. The van der Waals surface area contributed by atoms with Gasteiger partial charge >= 0.3 is 0 Å². The smallest absolute Gasteiger partial charge is 0.256 e. The highest BCUT2D eigenvalue weighted by Crippen LogP contribution is 1.95. The van der Waals surface area contributed by atoms with Gasteiger partial charge in [-0.15, -0.1) is 10.2 Å². The summed E-state index contributed by atoms with van der Waals surface area (Å²) >= 11 is 0. The molecule has 0 spiro atoms. The fourth-order valence-corrected chi connectivity index (χ4v) is 0.780. The number of hydrogen-bond donors (Lipinski definition) is 0. The Hall–Kier alpha value is -1.96. The minimum atomic E-state index is 0.352. The molecule has 0 unspecified atom stereocenters. The molecule has 52 valence electrons. The van der Waals surface area contributed by atoms with Crippen LogP contribution in [0.4, 0.5) is 0 Å². The van der Waals surface area contributed by atoms with Crippen molar-refractivity contribution in [3.63, 3.8) is 0 Å². The van der Waals surface area contributed by atoms with Crippen molar-refractivity contribution in [1.82, 2.24) is 19.6 Å². The minimum absolute atomic E-state index is 0.352. The van der Waals surface area contributed by atoms with Gasteiger partial charge in [-0.3, -0.25) is 4.40 Å². The van der Waals surface area contributed by atoms with Crippen LogP contribution in [0, 0.1) is 11.3 Å². The Morgan fingerprint density at radius 2 is 2.45 bits per heavy atom. The molecule has 5 nitrogen and oxygen atoms in total. The van der Waals surface area contributed by atoms with Crippen LogP contribution in [0.15, 0.2) is 18.6 Å². The molecule has 0 aliphatic heterocycles. The second-order valence-electron chi connectivity index (χ2n) is 1.96. The number of hydrogen-bond acceptors (Lipinski definition) is 4. The fraction of sp³-hybridized carbons (Fsp3) is 0. The molecular formula is C6H3N5. The second kappa shape index (κ2) is 2.02. The van der Waals surface area contributed by atoms with Gasteiger partial charge in [0.05, 0.1) is 0 Å². The zero-order valence-electron chi connectivity index (χ0n) is 5.47. The maximum Gasteiger partial charge on any atom is 0.256 e. The molecule has 5 heteroatoms. The summed E-state index contributed by atoms with van der Waals surface area (Å²) in [5.41, 5.74) is 0.352. The van der Waals surface area contributed by atoms with Crippen LogP contribution < -0.4 is 0 Å². The maximum atomic E-state index is 8.46. The summed E-state index contributed by atoms with van der Waals surface area (Å²) in [4.78, 5) is 3.88. The van der Waals surface area contributed by atoms with Gasteiger partial charge in [-0.25, -0.2) is 4.98 Å². The van der Waals surface area contributed by atoms with E-state index in [4.69, 9.17) is 5.26 Å². The number of nitrogens with zero attached hydrogens (tertiary/aromatic N) is 5. The minimum Gasteiger partial charge on any atom is -0.273 e. The normalized spacial score (nSPS) is 9.73. The molecule has 0 radical (unpaired) electrons. The van der Waals surface area contributed by atoms with Crippen molar-refractivity contribution in [2.75, 3.05) is 0 Å². The molecule has 0 amide bonds. The van der Waals surface area contributed by atoms with E-state index in [-0.39, 0.29) is 0 Å². The van der Waals surface area contributed by atoms with Crippen molar-refractivity contribution in [2.45, 2.75) is 0 Å². The van der Waals surface area contributed by atoms with Crippen LogP contribution in [0.5, 0.6) is 0 Å². The standard InChI is InChI=1S/C6H3N5/c7-3-5-1-2-11-4-8-10-6(11)9-5/h1-2,4H. The van der Waals surface area contributed by atoms with Gasteiger partial charge in [0, 0.05) is 6.20 Å². The number of fused-ring (bicyclic) bond motifs is 1. The summed E-state index contributed by atoms with van der Waals surface area (Å²) in [6, 6.07) is 3.52. The first kappa shape index (κ1) is 5.80. The van der Waals surface area contributed by atoms with Gasteiger partial charge < -0.3 is 0 Å². The van der Waals surface area contributed by atoms with E-state index in [0.29, 0.717) is 11.5 Å². The lowest BCUT2D eigenvalue weighted by molar-refractivity contribution is 1.09. The van der Waals surface area contributed by atoms with E-state index in [0.717, 1.165) is 0 Å². The third-order valence-electron chi connectivity index (χ3n) is 1.28. The van der Waals surface area contributed by atoms with Gasteiger partial charge in [-0.2, -0.15) is 5.26 Å². The first-order valence-corrected chi connectivity index (χ1v) is 2.96. The Morgan fingerprint density at radius 3 is 3.27 bits per heavy atom. The molecule has 0 atom stereocenters. The van der Waals surface area contributed by atoms with Gasteiger partial charge in [0.25, 0.3) is 5.78 Å². The zero-order chi connectivity index (χ0) is 7.68. The van der Waals surface area contributed by atoms with Crippen LogP contribution in [-0.4, -0.2) is 19.6 Å². The van der Waals surface area contributed by atoms with Crippen molar-refractivity contribution in [3.05, 3.63) is 24.3 Å². The second-order valence-corrected chi connectivity index (χ2v) is 1.96. The van der Waals surface area contributed by atoms with E-state index >= 15 is 0 Å². The fourth-order valence-electron chi connectivity index (χ4n) is 0.780. The lowest BCUT2D eigenvalue weighted by atomic mass is 10.4. The van der Waals surface area contributed by atoms with Crippen molar-refractivity contribution in [2.24, 2.45) is 0 Å². The van der Waals surface area contributed by atoms with Crippen molar-refractivity contribution < 1.29 is 0 Å². The molecule has 0 aliphatic carbocycles. The summed E-state index contributed by atoms with van der Waals surface area (Å²) in [5.74, 6) is 0.448. The molecule has 0 aliphatic rings. The molecule has 0 N–H and O–H groups in total. The van der Waals surface area contributed by atoms with Crippen molar-refractivity contribution >= 4 is 5.78 Å². The third kappa shape index (κ3) is 0.809. The summed E-state index contributed by atoms with van der Waals surface area (Å²) in [6.07, 6.45) is 3.23. The third-order valence-corrected chi connectivity index (χ3v) is 1.28. The predicted molar refractivity (Wildman–Crippen MR) is 35.5 cm³/mol. The Kier molecular flexibility index (Phi) is 1.07. The molecule has 0 fully saturated rings. The molecule has 0 saturated carbocycles. The van der Waals surface area contributed by atoms with Crippen LogP contribution in [0.3, 0.4) is 0 Å². The average Bonchev–Trinajstić information content (AvgIpc) is 2.50. The quantitative estimate of drug-likeness (QED) is 0.523. The molecule has 0 saturated heterocycles. The van der Waals surface area contributed by atoms with E-state index in [1.54, 1.807) is 16.7 Å². The lowest BCUT2D eigenvalue weighted by Gasteiger charge is -1.88. The zero-order valence-corrected chi connectivity index (χ0v) is 5.47. The van der Waals surface area contributed by atoms with Crippen LogP contribution in [0.2, 0.25) is 0 Å². The highest BCUT2D eigenvalue weighted by molar-refractivity contribution is 5.31.